The number of nitrogens with zero attached hydrogens (tertiary/aromatic N) is 2. The summed E-state index contributed by atoms with van der Waals surface area (Å²) in [6, 6.07) is 10.2. The Balaban J connectivity index is 1.63. The van der Waals surface area contributed by atoms with Gasteiger partial charge in [-0.15, -0.1) is 0 Å². The first-order valence-corrected chi connectivity index (χ1v) is 9.33. The van der Waals surface area contributed by atoms with Gasteiger partial charge in [-0.25, -0.2) is 8.42 Å². The molecule has 3 rings (SSSR count). The van der Waals surface area contributed by atoms with E-state index in [2.05, 4.69) is 11.0 Å². The lowest BCUT2D eigenvalue weighted by Crippen LogP contribution is -2.48. The highest BCUT2D eigenvalue weighted by Gasteiger charge is 2.31. The van der Waals surface area contributed by atoms with Crippen LogP contribution in [0.25, 0.3) is 0 Å². The average Bonchev–Trinajstić information content (AvgIpc) is 2.57. The van der Waals surface area contributed by atoms with E-state index in [4.69, 9.17) is 0 Å². The quantitative estimate of drug-likeness (QED) is 0.859. The van der Waals surface area contributed by atoms with Crippen molar-refractivity contribution >= 4 is 10.0 Å². The van der Waals surface area contributed by atoms with E-state index in [0.29, 0.717) is 24.0 Å². The normalized spacial score (nSPS) is 23.2. The molecule has 0 atom stereocenters. The summed E-state index contributed by atoms with van der Waals surface area (Å²) in [5.74, 6) is 0. The van der Waals surface area contributed by atoms with Crippen molar-refractivity contribution in [3.8, 4) is 0 Å². The molecule has 1 aromatic carbocycles. The molecular weight excluding hydrogens is 284 g/mol. The lowest BCUT2D eigenvalue weighted by molar-refractivity contribution is 0.118. The predicted molar refractivity (Wildman–Crippen MR) is 82.5 cm³/mol. The molecule has 2 heterocycles. The van der Waals surface area contributed by atoms with Gasteiger partial charge in [0.15, 0.2) is 0 Å². The van der Waals surface area contributed by atoms with E-state index in [-0.39, 0.29) is 0 Å². The third-order valence-corrected chi connectivity index (χ3v) is 6.48. The Kier molecular flexibility index (Phi) is 4.62. The molecule has 5 heteroatoms. The van der Waals surface area contributed by atoms with Gasteiger partial charge in [-0.1, -0.05) is 24.6 Å². The van der Waals surface area contributed by atoms with E-state index in [0.717, 1.165) is 12.8 Å². The van der Waals surface area contributed by atoms with Gasteiger partial charge in [-0.05, 0) is 44.8 Å². The number of hydrogen-bond acceptors (Lipinski definition) is 3. The Labute approximate surface area is 127 Å². The highest BCUT2D eigenvalue weighted by Crippen LogP contribution is 2.24. The Morgan fingerprint density at radius 1 is 1.00 bits per heavy atom. The molecule has 4 nitrogen and oxygen atoms in total. The van der Waals surface area contributed by atoms with E-state index >= 15 is 0 Å². The van der Waals surface area contributed by atoms with Crippen molar-refractivity contribution in [3.63, 3.8) is 0 Å². The molecule has 0 saturated carbocycles. The van der Waals surface area contributed by atoms with E-state index < -0.39 is 10.0 Å². The molecule has 2 fully saturated rings. The van der Waals surface area contributed by atoms with Crippen molar-refractivity contribution in [1.82, 2.24) is 9.21 Å². The lowest BCUT2D eigenvalue weighted by atomic mass is 10.0. The van der Waals surface area contributed by atoms with Crippen LogP contribution in [0.15, 0.2) is 29.2 Å². The molecule has 2 saturated heterocycles. The first-order valence-electron chi connectivity index (χ1n) is 7.89. The van der Waals surface area contributed by atoms with Crippen LogP contribution in [0.4, 0.5) is 0 Å². The molecule has 115 valence electrons. The Morgan fingerprint density at radius 2 is 1.71 bits per heavy atom. The van der Waals surface area contributed by atoms with Crippen molar-refractivity contribution < 1.29 is 8.42 Å². The maximum absolute atomic E-state index is 12.6. The summed E-state index contributed by atoms with van der Waals surface area (Å²) in [5.41, 5.74) is 0. The van der Waals surface area contributed by atoms with Crippen LogP contribution in [0, 0.1) is 6.07 Å². The van der Waals surface area contributed by atoms with Crippen LogP contribution in [-0.4, -0.2) is 49.8 Å². The molecule has 0 amide bonds. The fourth-order valence-electron chi connectivity index (χ4n) is 3.41. The molecule has 2 aliphatic heterocycles. The van der Waals surface area contributed by atoms with Crippen molar-refractivity contribution in [3.05, 3.63) is 30.3 Å². The highest BCUT2D eigenvalue weighted by atomic mass is 32.2. The zero-order chi connectivity index (χ0) is 14.7. The molecule has 2 aliphatic rings. The molecule has 21 heavy (non-hydrogen) atoms. The zero-order valence-electron chi connectivity index (χ0n) is 12.4. The monoisotopic (exact) mass is 307 g/mol. The van der Waals surface area contributed by atoms with Crippen LogP contribution in [-0.2, 0) is 10.0 Å². The van der Waals surface area contributed by atoms with Gasteiger partial charge in [0.1, 0.15) is 0 Å². The standard InChI is InChI=1S/C16H23N2O2S/c19-21(20,16-7-3-1-4-8-16)18-13-9-15(10-14-18)17-11-5-2-6-12-17/h1,3-4,7,15H,2,5-6,9-14H2. The first-order chi connectivity index (χ1) is 10.2. The van der Waals surface area contributed by atoms with E-state index in [1.165, 1.54) is 32.4 Å². The summed E-state index contributed by atoms with van der Waals surface area (Å²) < 4.78 is 26.7. The molecule has 0 unspecified atom stereocenters. The van der Waals surface area contributed by atoms with Gasteiger partial charge < -0.3 is 4.90 Å². The van der Waals surface area contributed by atoms with Crippen LogP contribution in [0.2, 0.25) is 0 Å². The maximum atomic E-state index is 12.6. The molecule has 1 radical (unpaired) electrons. The fourth-order valence-corrected chi connectivity index (χ4v) is 4.84. The Bertz CT molecular complexity index is 545. The lowest BCUT2D eigenvalue weighted by Gasteiger charge is -2.39. The fraction of sp³-hybridized carbons (Fsp3) is 0.625. The van der Waals surface area contributed by atoms with Gasteiger partial charge in [0, 0.05) is 25.2 Å². The van der Waals surface area contributed by atoms with Crippen LogP contribution in [0.1, 0.15) is 32.1 Å². The third-order valence-electron chi connectivity index (χ3n) is 4.63. The second-order valence-electron chi connectivity index (χ2n) is 5.96. The van der Waals surface area contributed by atoms with Gasteiger partial charge in [0.2, 0.25) is 10.0 Å². The SMILES string of the molecule is O=S(=O)(c1[c]cccc1)N1CCC(N2CCCCC2)CC1. The first kappa shape index (κ1) is 15.0. The topological polar surface area (TPSA) is 40.6 Å². The summed E-state index contributed by atoms with van der Waals surface area (Å²) in [6.07, 6.45) is 5.82. The number of likely N-dealkylation sites (tertiary alicyclic amines) is 1. The summed E-state index contributed by atoms with van der Waals surface area (Å²) in [5, 5.41) is 0. The predicted octanol–water partition coefficient (Wildman–Crippen LogP) is 2.13. The van der Waals surface area contributed by atoms with Gasteiger partial charge in [-0.3, -0.25) is 0 Å². The number of sulfonamides is 1. The molecule has 1 aromatic rings. The van der Waals surface area contributed by atoms with Gasteiger partial charge >= 0.3 is 0 Å². The molecule has 0 N–H and O–H groups in total. The van der Waals surface area contributed by atoms with Crippen LogP contribution in [0.3, 0.4) is 0 Å². The van der Waals surface area contributed by atoms with E-state index in [1.807, 2.05) is 0 Å². The minimum Gasteiger partial charge on any atom is -0.300 e. The number of benzene rings is 1. The Morgan fingerprint density at radius 3 is 2.33 bits per heavy atom. The van der Waals surface area contributed by atoms with Crippen molar-refractivity contribution in [1.29, 1.82) is 0 Å². The zero-order valence-corrected chi connectivity index (χ0v) is 13.2. The highest BCUT2D eigenvalue weighted by molar-refractivity contribution is 7.89. The largest absolute Gasteiger partial charge is 0.300 e. The summed E-state index contributed by atoms with van der Waals surface area (Å²) >= 11 is 0. The van der Waals surface area contributed by atoms with Crippen LogP contribution >= 0.6 is 0 Å². The minimum absolute atomic E-state index is 0.293. The van der Waals surface area contributed by atoms with Gasteiger partial charge in [-0.2, -0.15) is 4.31 Å². The summed E-state index contributed by atoms with van der Waals surface area (Å²) in [7, 11) is -3.36. The minimum atomic E-state index is -3.36. The van der Waals surface area contributed by atoms with Crippen LogP contribution < -0.4 is 0 Å². The molecular formula is C16H23N2O2S. The Hall–Kier alpha value is -0.910. The summed E-state index contributed by atoms with van der Waals surface area (Å²) in [6.45, 7) is 3.63. The molecule has 0 spiro atoms. The van der Waals surface area contributed by atoms with Crippen LogP contribution in [0.5, 0.6) is 0 Å². The van der Waals surface area contributed by atoms with Gasteiger partial charge in [0.05, 0.1) is 4.90 Å². The van der Waals surface area contributed by atoms with Gasteiger partial charge in [0.25, 0.3) is 0 Å². The second-order valence-corrected chi connectivity index (χ2v) is 7.87. The second kappa shape index (κ2) is 6.46. The number of rotatable bonds is 3. The molecule has 0 bridgehead atoms. The molecule has 0 aliphatic carbocycles. The number of hydrogen-bond donors (Lipinski definition) is 0. The van der Waals surface area contributed by atoms with Crippen molar-refractivity contribution in [2.75, 3.05) is 26.2 Å². The average molecular weight is 307 g/mol. The number of piperidine rings is 2. The molecule has 0 aromatic heterocycles. The smallest absolute Gasteiger partial charge is 0.243 e. The summed E-state index contributed by atoms with van der Waals surface area (Å²) in [4.78, 5) is 2.85. The van der Waals surface area contributed by atoms with Crippen molar-refractivity contribution in [2.24, 2.45) is 0 Å². The van der Waals surface area contributed by atoms with Crippen molar-refractivity contribution in [2.45, 2.75) is 43.0 Å². The van der Waals surface area contributed by atoms with E-state index in [9.17, 15) is 8.42 Å². The third kappa shape index (κ3) is 3.30. The maximum Gasteiger partial charge on any atom is 0.243 e. The van der Waals surface area contributed by atoms with E-state index in [1.54, 1.807) is 28.6 Å².